The molecule has 0 aliphatic rings. The summed E-state index contributed by atoms with van der Waals surface area (Å²) in [7, 11) is 0. The summed E-state index contributed by atoms with van der Waals surface area (Å²) in [6.45, 7) is 4.49. The Bertz CT molecular complexity index is 178. The van der Waals surface area contributed by atoms with Crippen LogP contribution in [0.3, 0.4) is 0 Å². The minimum Gasteiger partial charge on any atom is -0.481 e. The van der Waals surface area contributed by atoms with Crippen molar-refractivity contribution in [3.63, 3.8) is 0 Å². The summed E-state index contributed by atoms with van der Waals surface area (Å²) >= 11 is 0. The molecular formula is C10H19NO2. The fourth-order valence-electron chi connectivity index (χ4n) is 1.44. The lowest BCUT2D eigenvalue weighted by molar-refractivity contribution is -0.138. The molecule has 0 heterocycles. The molecule has 0 unspecified atom stereocenters. The Morgan fingerprint density at radius 1 is 1.62 bits per heavy atom. The number of aliphatic carboxylic acids is 1. The Balaban J connectivity index is 3.89. The van der Waals surface area contributed by atoms with Gasteiger partial charge in [0.25, 0.3) is 0 Å². The second-order valence-corrected chi connectivity index (χ2v) is 3.44. The van der Waals surface area contributed by atoms with E-state index in [0.717, 1.165) is 6.42 Å². The minimum absolute atomic E-state index is 0.101. The number of hydrogen-bond donors (Lipinski definition) is 2. The Morgan fingerprint density at radius 3 is 2.62 bits per heavy atom. The first-order valence-electron chi connectivity index (χ1n) is 4.64. The second-order valence-electron chi connectivity index (χ2n) is 3.44. The van der Waals surface area contributed by atoms with Gasteiger partial charge in [-0.15, -0.1) is 0 Å². The van der Waals surface area contributed by atoms with Crippen molar-refractivity contribution >= 4 is 5.97 Å². The lowest BCUT2D eigenvalue weighted by atomic mass is 9.93. The lowest BCUT2D eigenvalue weighted by Gasteiger charge is -2.14. The van der Waals surface area contributed by atoms with E-state index < -0.39 is 5.97 Å². The van der Waals surface area contributed by atoms with Gasteiger partial charge in [-0.3, -0.25) is 4.79 Å². The minimum atomic E-state index is -0.761. The van der Waals surface area contributed by atoms with Crippen molar-refractivity contribution in [2.45, 2.75) is 26.7 Å². The van der Waals surface area contributed by atoms with E-state index in [2.05, 4.69) is 13.0 Å². The maximum Gasteiger partial charge on any atom is 0.303 e. The zero-order valence-electron chi connectivity index (χ0n) is 8.36. The van der Waals surface area contributed by atoms with Gasteiger partial charge in [-0.25, -0.2) is 0 Å². The van der Waals surface area contributed by atoms with Crippen LogP contribution in [0, 0.1) is 11.8 Å². The number of carboxylic acids is 1. The van der Waals surface area contributed by atoms with E-state index in [-0.39, 0.29) is 12.3 Å². The molecule has 0 bridgehead atoms. The van der Waals surface area contributed by atoms with Crippen molar-refractivity contribution in [2.75, 3.05) is 6.54 Å². The van der Waals surface area contributed by atoms with E-state index in [9.17, 15) is 4.79 Å². The molecule has 0 aromatic carbocycles. The monoisotopic (exact) mass is 185 g/mol. The SMILES string of the molecule is CC=C[C@@H](C)C[C@H](CN)CC(=O)O. The van der Waals surface area contributed by atoms with Gasteiger partial charge in [0.15, 0.2) is 0 Å². The highest BCUT2D eigenvalue weighted by atomic mass is 16.4. The van der Waals surface area contributed by atoms with Gasteiger partial charge in [-0.1, -0.05) is 19.1 Å². The van der Waals surface area contributed by atoms with Gasteiger partial charge in [-0.2, -0.15) is 0 Å². The topological polar surface area (TPSA) is 63.3 Å². The van der Waals surface area contributed by atoms with Crippen LogP contribution in [0.5, 0.6) is 0 Å². The van der Waals surface area contributed by atoms with E-state index in [0.29, 0.717) is 12.5 Å². The Kier molecular flexibility index (Phi) is 6.24. The first-order chi connectivity index (χ1) is 6.10. The van der Waals surface area contributed by atoms with Crippen molar-refractivity contribution in [3.8, 4) is 0 Å². The molecule has 0 saturated heterocycles. The normalized spacial score (nSPS) is 15.9. The number of nitrogens with two attached hydrogens (primary N) is 1. The lowest BCUT2D eigenvalue weighted by Crippen LogP contribution is -2.19. The predicted octanol–water partition coefficient (Wildman–Crippen LogP) is 1.64. The van der Waals surface area contributed by atoms with Crippen LogP contribution in [0.2, 0.25) is 0 Å². The van der Waals surface area contributed by atoms with Gasteiger partial charge in [0.2, 0.25) is 0 Å². The molecule has 3 heteroatoms. The highest BCUT2D eigenvalue weighted by Gasteiger charge is 2.13. The Labute approximate surface area is 79.6 Å². The van der Waals surface area contributed by atoms with Crippen molar-refractivity contribution in [3.05, 3.63) is 12.2 Å². The molecule has 0 rings (SSSR count). The third-order valence-corrected chi connectivity index (χ3v) is 2.02. The third kappa shape index (κ3) is 6.34. The smallest absolute Gasteiger partial charge is 0.303 e. The number of rotatable bonds is 6. The quantitative estimate of drug-likeness (QED) is 0.618. The van der Waals surface area contributed by atoms with Crippen LogP contribution in [0.4, 0.5) is 0 Å². The van der Waals surface area contributed by atoms with Gasteiger partial charge < -0.3 is 10.8 Å². The van der Waals surface area contributed by atoms with Gasteiger partial charge in [-0.05, 0) is 31.7 Å². The summed E-state index contributed by atoms with van der Waals surface area (Å²) in [4.78, 5) is 10.4. The molecule has 0 aromatic heterocycles. The van der Waals surface area contributed by atoms with Crippen LogP contribution in [-0.4, -0.2) is 17.6 Å². The average Bonchev–Trinajstić information content (AvgIpc) is 2.02. The highest BCUT2D eigenvalue weighted by molar-refractivity contribution is 5.67. The second kappa shape index (κ2) is 6.66. The van der Waals surface area contributed by atoms with Crippen molar-refractivity contribution in [1.29, 1.82) is 0 Å². The average molecular weight is 185 g/mol. The third-order valence-electron chi connectivity index (χ3n) is 2.02. The molecule has 3 nitrogen and oxygen atoms in total. The molecule has 3 N–H and O–H groups in total. The molecule has 0 aliphatic heterocycles. The standard InChI is InChI=1S/C10H19NO2/c1-3-4-8(2)5-9(7-11)6-10(12)13/h3-4,8-9H,5-7,11H2,1-2H3,(H,12,13)/t8-,9+/m1/s1. The largest absolute Gasteiger partial charge is 0.481 e. The van der Waals surface area contributed by atoms with Crippen LogP contribution in [0.15, 0.2) is 12.2 Å². The molecule has 0 radical (unpaired) electrons. The van der Waals surface area contributed by atoms with E-state index in [1.54, 1.807) is 0 Å². The molecular weight excluding hydrogens is 166 g/mol. The van der Waals surface area contributed by atoms with E-state index in [1.807, 2.05) is 13.0 Å². The fraction of sp³-hybridized carbons (Fsp3) is 0.700. The zero-order chi connectivity index (χ0) is 10.3. The number of carbonyl (C=O) groups is 1. The van der Waals surface area contributed by atoms with Crippen molar-refractivity contribution < 1.29 is 9.90 Å². The van der Waals surface area contributed by atoms with Crippen molar-refractivity contribution in [2.24, 2.45) is 17.6 Å². The molecule has 0 aliphatic carbocycles. The molecule has 0 fully saturated rings. The van der Waals surface area contributed by atoms with Crippen LogP contribution >= 0.6 is 0 Å². The molecule has 2 atom stereocenters. The first kappa shape index (κ1) is 12.2. The summed E-state index contributed by atoms with van der Waals surface area (Å²) in [5.41, 5.74) is 5.48. The van der Waals surface area contributed by atoms with E-state index in [4.69, 9.17) is 10.8 Å². The Hall–Kier alpha value is -0.830. The molecule has 0 saturated carbocycles. The number of allylic oxidation sites excluding steroid dienone is 2. The summed E-state index contributed by atoms with van der Waals surface area (Å²) in [5.74, 6) is -0.246. The van der Waals surface area contributed by atoms with Gasteiger partial charge in [0, 0.05) is 6.42 Å². The van der Waals surface area contributed by atoms with Gasteiger partial charge in [0.1, 0.15) is 0 Å². The first-order valence-corrected chi connectivity index (χ1v) is 4.64. The maximum absolute atomic E-state index is 10.4. The van der Waals surface area contributed by atoms with E-state index in [1.165, 1.54) is 0 Å². The van der Waals surface area contributed by atoms with Gasteiger partial charge >= 0.3 is 5.97 Å². The molecule has 0 spiro atoms. The molecule has 13 heavy (non-hydrogen) atoms. The van der Waals surface area contributed by atoms with Crippen LogP contribution in [-0.2, 0) is 4.79 Å². The van der Waals surface area contributed by atoms with Crippen molar-refractivity contribution in [1.82, 2.24) is 0 Å². The predicted molar refractivity (Wildman–Crippen MR) is 53.4 cm³/mol. The van der Waals surface area contributed by atoms with Crippen LogP contribution in [0.25, 0.3) is 0 Å². The molecule has 0 amide bonds. The Morgan fingerprint density at radius 2 is 2.23 bits per heavy atom. The van der Waals surface area contributed by atoms with Crippen LogP contribution in [0.1, 0.15) is 26.7 Å². The summed E-state index contributed by atoms with van der Waals surface area (Å²) in [6.07, 6.45) is 5.09. The number of carboxylic acid groups (broad SMARTS) is 1. The highest BCUT2D eigenvalue weighted by Crippen LogP contribution is 2.15. The summed E-state index contributed by atoms with van der Waals surface area (Å²) < 4.78 is 0. The molecule has 76 valence electrons. The summed E-state index contributed by atoms with van der Waals surface area (Å²) in [5, 5.41) is 8.58. The maximum atomic E-state index is 10.4. The fourth-order valence-corrected chi connectivity index (χ4v) is 1.44. The van der Waals surface area contributed by atoms with E-state index >= 15 is 0 Å². The zero-order valence-corrected chi connectivity index (χ0v) is 8.36. The number of hydrogen-bond acceptors (Lipinski definition) is 2. The van der Waals surface area contributed by atoms with Gasteiger partial charge in [0.05, 0.1) is 0 Å². The van der Waals surface area contributed by atoms with Crippen LogP contribution < -0.4 is 5.73 Å². The summed E-state index contributed by atoms with van der Waals surface area (Å²) in [6, 6.07) is 0. The molecule has 0 aromatic rings.